The summed E-state index contributed by atoms with van der Waals surface area (Å²) in [5.41, 5.74) is 1.06. The molecule has 1 aliphatic rings. The molecule has 1 fully saturated rings. The summed E-state index contributed by atoms with van der Waals surface area (Å²) in [7, 11) is -3.48. The average molecular weight is 298 g/mol. The summed E-state index contributed by atoms with van der Waals surface area (Å²) < 4.78 is 26.5. The largest absolute Gasteiger partial charge is 0.395 e. The van der Waals surface area contributed by atoms with Gasteiger partial charge in [0.2, 0.25) is 10.0 Å². The van der Waals surface area contributed by atoms with E-state index < -0.39 is 10.0 Å². The van der Waals surface area contributed by atoms with E-state index in [0.717, 1.165) is 31.5 Å². The molecule has 2 N–H and O–H groups in total. The maximum Gasteiger partial charge on any atom is 0.243 e. The van der Waals surface area contributed by atoms with Crippen molar-refractivity contribution in [2.24, 2.45) is 0 Å². The fourth-order valence-corrected chi connectivity index (χ4v) is 4.18. The highest BCUT2D eigenvalue weighted by atomic mass is 32.2. The van der Waals surface area contributed by atoms with Crippen LogP contribution in [0.4, 0.5) is 0 Å². The Morgan fingerprint density at radius 3 is 2.65 bits per heavy atom. The average Bonchev–Trinajstić information content (AvgIpc) is 2.95. The predicted octanol–water partition coefficient (Wildman–Crippen LogP) is 0.941. The number of aliphatic hydroxyl groups is 1. The Morgan fingerprint density at radius 2 is 2.05 bits per heavy atom. The molecule has 0 spiro atoms. The molecule has 112 valence electrons. The fourth-order valence-electron chi connectivity index (χ4n) is 2.49. The molecule has 0 saturated carbocycles. The van der Waals surface area contributed by atoms with Crippen molar-refractivity contribution < 1.29 is 13.5 Å². The number of sulfonamides is 1. The summed E-state index contributed by atoms with van der Waals surface area (Å²) in [4.78, 5) is 0.304. The van der Waals surface area contributed by atoms with E-state index in [1.54, 1.807) is 12.1 Å². The van der Waals surface area contributed by atoms with Crippen LogP contribution in [0.5, 0.6) is 0 Å². The first-order chi connectivity index (χ1) is 9.59. The van der Waals surface area contributed by atoms with Gasteiger partial charge >= 0.3 is 0 Å². The molecule has 20 heavy (non-hydrogen) atoms. The van der Waals surface area contributed by atoms with E-state index in [4.69, 9.17) is 0 Å². The molecule has 5 nitrogen and oxygen atoms in total. The van der Waals surface area contributed by atoms with Crippen LogP contribution in [0.25, 0.3) is 0 Å². The van der Waals surface area contributed by atoms with Crippen LogP contribution >= 0.6 is 0 Å². The Labute approximate surface area is 120 Å². The zero-order valence-electron chi connectivity index (χ0n) is 11.7. The molecular formula is C14H22N2O3S. The van der Waals surface area contributed by atoms with Gasteiger partial charge in [0.15, 0.2) is 0 Å². The van der Waals surface area contributed by atoms with Crippen molar-refractivity contribution >= 4 is 10.0 Å². The maximum absolute atomic E-state index is 12.5. The van der Waals surface area contributed by atoms with Gasteiger partial charge in [-0.05, 0) is 37.1 Å². The smallest absolute Gasteiger partial charge is 0.243 e. The van der Waals surface area contributed by atoms with Crippen molar-refractivity contribution in [2.75, 3.05) is 19.7 Å². The molecule has 1 aromatic rings. The van der Waals surface area contributed by atoms with Crippen molar-refractivity contribution in [3.05, 3.63) is 29.8 Å². The third-order valence-electron chi connectivity index (χ3n) is 3.64. The molecule has 1 unspecified atom stereocenters. The first kappa shape index (κ1) is 15.4. The van der Waals surface area contributed by atoms with Crippen molar-refractivity contribution in [2.45, 2.75) is 37.2 Å². The second-order valence-corrected chi connectivity index (χ2v) is 6.91. The van der Waals surface area contributed by atoms with Gasteiger partial charge in [0, 0.05) is 19.1 Å². The number of aliphatic hydroxyl groups excluding tert-OH is 1. The molecule has 0 bridgehead atoms. The van der Waals surface area contributed by atoms with Gasteiger partial charge in [-0.3, -0.25) is 0 Å². The van der Waals surface area contributed by atoms with Crippen LogP contribution in [0.15, 0.2) is 29.2 Å². The minimum Gasteiger partial charge on any atom is -0.395 e. The van der Waals surface area contributed by atoms with Crippen LogP contribution in [0.2, 0.25) is 0 Å². The summed E-state index contributed by atoms with van der Waals surface area (Å²) in [6.45, 7) is 4.03. The molecule has 1 saturated heterocycles. The fraction of sp³-hybridized carbons (Fsp3) is 0.571. The highest BCUT2D eigenvalue weighted by molar-refractivity contribution is 7.89. The monoisotopic (exact) mass is 298 g/mol. The van der Waals surface area contributed by atoms with Crippen LogP contribution in [0.3, 0.4) is 0 Å². The standard InChI is InChI=1S/C14H22N2O3S/c1-2-15-10-12-5-7-14(8-6-12)20(18,19)16-9-3-4-13(16)11-17/h5-8,13,15,17H,2-4,9-11H2,1H3. The van der Waals surface area contributed by atoms with Gasteiger partial charge in [0.05, 0.1) is 11.5 Å². The molecule has 0 aromatic heterocycles. The number of rotatable bonds is 6. The van der Waals surface area contributed by atoms with Crippen LogP contribution in [0.1, 0.15) is 25.3 Å². The molecule has 1 heterocycles. The minimum absolute atomic E-state index is 0.113. The SMILES string of the molecule is CCNCc1ccc(S(=O)(=O)N2CCCC2CO)cc1. The summed E-state index contributed by atoms with van der Waals surface area (Å²) in [6, 6.07) is 6.68. The summed E-state index contributed by atoms with van der Waals surface area (Å²) >= 11 is 0. The maximum atomic E-state index is 12.5. The zero-order chi connectivity index (χ0) is 14.6. The van der Waals surface area contributed by atoms with Gasteiger partial charge in [-0.25, -0.2) is 8.42 Å². The highest BCUT2D eigenvalue weighted by Gasteiger charge is 2.34. The summed E-state index contributed by atoms with van der Waals surface area (Å²) in [6.07, 6.45) is 1.54. The lowest BCUT2D eigenvalue weighted by molar-refractivity contribution is 0.213. The molecule has 1 aliphatic heterocycles. The summed E-state index contributed by atoms with van der Waals surface area (Å²) in [5, 5.41) is 12.5. The van der Waals surface area contributed by atoms with Gasteiger partial charge < -0.3 is 10.4 Å². The molecule has 0 aliphatic carbocycles. The van der Waals surface area contributed by atoms with Gasteiger partial charge in [-0.1, -0.05) is 19.1 Å². The number of hydrogen-bond acceptors (Lipinski definition) is 4. The molecule has 1 aromatic carbocycles. The number of benzene rings is 1. The second kappa shape index (κ2) is 6.67. The number of hydrogen-bond donors (Lipinski definition) is 2. The first-order valence-electron chi connectivity index (χ1n) is 7.02. The molecule has 6 heteroatoms. The lowest BCUT2D eigenvalue weighted by Crippen LogP contribution is -2.37. The topological polar surface area (TPSA) is 69.6 Å². The lowest BCUT2D eigenvalue weighted by atomic mass is 10.2. The van der Waals surface area contributed by atoms with E-state index in [1.807, 2.05) is 19.1 Å². The van der Waals surface area contributed by atoms with Crippen LogP contribution in [-0.2, 0) is 16.6 Å². The van der Waals surface area contributed by atoms with Gasteiger partial charge in [0.1, 0.15) is 0 Å². The molecule has 2 rings (SSSR count). The Balaban J connectivity index is 2.17. The van der Waals surface area contributed by atoms with E-state index in [9.17, 15) is 13.5 Å². The zero-order valence-corrected chi connectivity index (χ0v) is 12.6. The molecule has 1 atom stereocenters. The quantitative estimate of drug-likeness (QED) is 0.820. The van der Waals surface area contributed by atoms with Crippen LogP contribution < -0.4 is 5.32 Å². The van der Waals surface area contributed by atoms with Gasteiger partial charge in [0.25, 0.3) is 0 Å². The van der Waals surface area contributed by atoms with Crippen LogP contribution in [0, 0.1) is 0 Å². The Kier molecular flexibility index (Phi) is 5.15. The van der Waals surface area contributed by atoms with Crippen LogP contribution in [-0.4, -0.2) is 43.6 Å². The third-order valence-corrected chi connectivity index (χ3v) is 5.61. The van der Waals surface area contributed by atoms with Gasteiger partial charge in [-0.2, -0.15) is 4.31 Å². The first-order valence-corrected chi connectivity index (χ1v) is 8.46. The number of nitrogens with one attached hydrogen (secondary N) is 1. The molecule has 0 amide bonds. The normalized spacial score (nSPS) is 20.4. The number of nitrogens with zero attached hydrogens (tertiary/aromatic N) is 1. The van der Waals surface area contributed by atoms with E-state index in [1.165, 1.54) is 4.31 Å². The second-order valence-electron chi connectivity index (χ2n) is 5.02. The van der Waals surface area contributed by atoms with E-state index in [0.29, 0.717) is 11.4 Å². The Hall–Kier alpha value is -0.950. The van der Waals surface area contributed by atoms with Gasteiger partial charge in [-0.15, -0.1) is 0 Å². The Morgan fingerprint density at radius 1 is 1.35 bits per heavy atom. The summed E-state index contributed by atoms with van der Waals surface area (Å²) in [5.74, 6) is 0. The van der Waals surface area contributed by atoms with Crippen molar-refractivity contribution in [3.8, 4) is 0 Å². The predicted molar refractivity (Wildman–Crippen MR) is 77.8 cm³/mol. The van der Waals surface area contributed by atoms with Crippen molar-refractivity contribution in [1.29, 1.82) is 0 Å². The van der Waals surface area contributed by atoms with Crippen molar-refractivity contribution in [3.63, 3.8) is 0 Å². The van der Waals surface area contributed by atoms with Crippen molar-refractivity contribution in [1.82, 2.24) is 9.62 Å². The molecular weight excluding hydrogens is 276 g/mol. The lowest BCUT2D eigenvalue weighted by Gasteiger charge is -2.22. The third kappa shape index (κ3) is 3.20. The van der Waals surface area contributed by atoms with E-state index in [2.05, 4.69) is 5.32 Å². The van der Waals surface area contributed by atoms with E-state index in [-0.39, 0.29) is 12.6 Å². The highest BCUT2D eigenvalue weighted by Crippen LogP contribution is 2.25. The van der Waals surface area contributed by atoms with E-state index >= 15 is 0 Å². The molecule has 0 radical (unpaired) electrons. The minimum atomic E-state index is -3.48. The Bertz CT molecular complexity index is 528.